The molecule has 1 fully saturated rings. The molecule has 130 valence electrons. The molecule has 25 heavy (non-hydrogen) atoms. The minimum atomic E-state index is 0.0231. The van der Waals surface area contributed by atoms with Crippen LogP contribution in [0.5, 0.6) is 0 Å². The van der Waals surface area contributed by atoms with Gasteiger partial charge in [0.25, 0.3) is 0 Å². The van der Waals surface area contributed by atoms with E-state index in [9.17, 15) is 4.79 Å². The van der Waals surface area contributed by atoms with Crippen molar-refractivity contribution in [2.75, 3.05) is 11.1 Å². The fourth-order valence-electron chi connectivity index (χ4n) is 3.37. The van der Waals surface area contributed by atoms with Crippen molar-refractivity contribution in [1.82, 2.24) is 24.5 Å². The van der Waals surface area contributed by atoms with E-state index in [1.165, 1.54) is 17.7 Å². The van der Waals surface area contributed by atoms with E-state index in [4.69, 9.17) is 5.73 Å². The topological polar surface area (TPSA) is 112 Å². The molecule has 0 radical (unpaired) electrons. The molecule has 1 amide bonds. The first-order chi connectivity index (χ1) is 12.1. The van der Waals surface area contributed by atoms with Gasteiger partial charge in [-0.3, -0.25) is 4.79 Å². The zero-order valence-corrected chi connectivity index (χ0v) is 14.7. The molecule has 3 aromatic rings. The number of thiazole rings is 1. The van der Waals surface area contributed by atoms with Gasteiger partial charge in [-0.15, -0.1) is 11.3 Å². The Kier molecular flexibility index (Phi) is 4.08. The molecule has 3 N–H and O–H groups in total. The maximum absolute atomic E-state index is 12.4. The molecular weight excluding hydrogens is 338 g/mol. The third-order valence-corrected chi connectivity index (χ3v) is 5.57. The van der Waals surface area contributed by atoms with Gasteiger partial charge in [-0.2, -0.15) is 0 Å². The van der Waals surface area contributed by atoms with E-state index >= 15 is 0 Å². The fourth-order valence-corrected chi connectivity index (χ4v) is 4.06. The Labute approximate surface area is 148 Å². The van der Waals surface area contributed by atoms with Crippen LogP contribution in [0.4, 0.5) is 10.9 Å². The second kappa shape index (κ2) is 6.40. The summed E-state index contributed by atoms with van der Waals surface area (Å²) in [5, 5.41) is 5.54. The Bertz CT molecular complexity index is 910. The molecule has 3 aromatic heterocycles. The van der Waals surface area contributed by atoms with E-state index in [1.807, 2.05) is 12.3 Å². The Balaban J connectivity index is 1.42. The fraction of sp³-hybridized carbons (Fsp3) is 0.438. The van der Waals surface area contributed by atoms with Crippen LogP contribution in [-0.4, -0.2) is 30.4 Å². The summed E-state index contributed by atoms with van der Waals surface area (Å²) in [7, 11) is 0. The highest BCUT2D eigenvalue weighted by molar-refractivity contribution is 7.13. The molecule has 1 saturated carbocycles. The predicted octanol–water partition coefficient (Wildman–Crippen LogP) is 2.54. The van der Waals surface area contributed by atoms with Crippen molar-refractivity contribution in [3.63, 3.8) is 0 Å². The number of nitrogen functional groups attached to an aromatic ring is 1. The summed E-state index contributed by atoms with van der Waals surface area (Å²) in [5.74, 6) is 0.486. The van der Waals surface area contributed by atoms with Gasteiger partial charge in [0.05, 0.1) is 12.0 Å². The van der Waals surface area contributed by atoms with E-state index < -0.39 is 0 Å². The lowest BCUT2D eigenvalue weighted by Gasteiger charge is -2.28. The number of fused-ring (bicyclic) bond motifs is 1. The molecule has 1 aliphatic rings. The minimum Gasteiger partial charge on any atom is -0.382 e. The number of aryl methyl sites for hydroxylation is 1. The van der Waals surface area contributed by atoms with Crippen LogP contribution in [0.25, 0.3) is 11.2 Å². The average Bonchev–Trinajstić information content (AvgIpc) is 3.22. The SMILES string of the molecule is Cc1csc(NC(=O)[C@H]2CC[C@@H](n3cnc4c(N)ncnc43)CC2)n1. The molecule has 0 aliphatic heterocycles. The number of carbonyl (C=O) groups is 1. The summed E-state index contributed by atoms with van der Waals surface area (Å²) < 4.78 is 2.06. The number of nitrogens with two attached hydrogens (primary N) is 1. The lowest BCUT2D eigenvalue weighted by Crippen LogP contribution is -2.28. The van der Waals surface area contributed by atoms with E-state index in [0.717, 1.165) is 37.0 Å². The summed E-state index contributed by atoms with van der Waals surface area (Å²) in [5.41, 5.74) is 8.18. The maximum atomic E-state index is 12.4. The minimum absolute atomic E-state index is 0.0231. The standard InChI is InChI=1S/C16H19N7OS/c1-9-6-25-16(21-9)22-15(24)10-2-4-11(5-3-10)23-8-20-12-13(17)18-7-19-14(12)23/h6-8,10-11H,2-5H2,1H3,(H2,17,18,19)(H,21,22,24)/t10-,11+. The summed E-state index contributed by atoms with van der Waals surface area (Å²) in [4.78, 5) is 29.3. The molecular formula is C16H19N7OS. The van der Waals surface area contributed by atoms with E-state index in [-0.39, 0.29) is 17.9 Å². The third kappa shape index (κ3) is 3.07. The van der Waals surface area contributed by atoms with Crippen molar-refractivity contribution >= 4 is 39.4 Å². The molecule has 0 saturated heterocycles. The molecule has 4 rings (SSSR count). The first kappa shape index (κ1) is 15.9. The lowest BCUT2D eigenvalue weighted by atomic mass is 9.85. The summed E-state index contributed by atoms with van der Waals surface area (Å²) in [6, 6.07) is 0.283. The normalized spacial score (nSPS) is 20.7. The largest absolute Gasteiger partial charge is 0.382 e. The number of carbonyl (C=O) groups excluding carboxylic acids is 1. The molecule has 9 heteroatoms. The molecule has 0 unspecified atom stereocenters. The Hall–Kier alpha value is -2.55. The molecule has 0 atom stereocenters. The number of aromatic nitrogens is 5. The van der Waals surface area contributed by atoms with Gasteiger partial charge < -0.3 is 15.6 Å². The molecule has 3 heterocycles. The van der Waals surface area contributed by atoms with Crippen molar-refractivity contribution in [2.45, 2.75) is 38.6 Å². The number of rotatable bonds is 3. The van der Waals surface area contributed by atoms with Crippen molar-refractivity contribution in [3.8, 4) is 0 Å². The zero-order chi connectivity index (χ0) is 17.4. The van der Waals surface area contributed by atoms with Crippen LogP contribution < -0.4 is 11.1 Å². The summed E-state index contributed by atoms with van der Waals surface area (Å²) in [6.45, 7) is 1.92. The van der Waals surface area contributed by atoms with Crippen molar-refractivity contribution < 1.29 is 4.79 Å². The van der Waals surface area contributed by atoms with Gasteiger partial charge in [0.15, 0.2) is 16.6 Å². The number of nitrogens with zero attached hydrogens (tertiary/aromatic N) is 5. The van der Waals surface area contributed by atoms with E-state index in [2.05, 4.69) is 29.8 Å². The molecule has 0 spiro atoms. The van der Waals surface area contributed by atoms with Gasteiger partial charge in [0.1, 0.15) is 11.8 Å². The number of hydrogen-bond donors (Lipinski definition) is 2. The van der Waals surface area contributed by atoms with E-state index in [0.29, 0.717) is 16.5 Å². The second-order valence-corrected chi connectivity index (χ2v) is 7.23. The highest BCUT2D eigenvalue weighted by Crippen LogP contribution is 2.34. The Morgan fingerprint density at radius 1 is 1.28 bits per heavy atom. The Morgan fingerprint density at radius 3 is 2.80 bits per heavy atom. The van der Waals surface area contributed by atoms with Crippen LogP contribution in [0.1, 0.15) is 37.4 Å². The average molecular weight is 357 g/mol. The number of anilines is 2. The highest BCUT2D eigenvalue weighted by Gasteiger charge is 2.28. The van der Waals surface area contributed by atoms with Crippen LogP contribution in [-0.2, 0) is 4.79 Å². The van der Waals surface area contributed by atoms with Crippen LogP contribution in [0.3, 0.4) is 0 Å². The van der Waals surface area contributed by atoms with Crippen molar-refractivity contribution in [1.29, 1.82) is 0 Å². The van der Waals surface area contributed by atoms with Gasteiger partial charge in [0.2, 0.25) is 5.91 Å². The summed E-state index contributed by atoms with van der Waals surface area (Å²) in [6.07, 6.45) is 6.72. The quantitative estimate of drug-likeness (QED) is 0.745. The van der Waals surface area contributed by atoms with Crippen LogP contribution in [0, 0.1) is 12.8 Å². The first-order valence-electron chi connectivity index (χ1n) is 8.28. The number of imidazole rings is 1. The monoisotopic (exact) mass is 357 g/mol. The van der Waals surface area contributed by atoms with Gasteiger partial charge in [-0.05, 0) is 32.6 Å². The first-order valence-corrected chi connectivity index (χ1v) is 9.16. The van der Waals surface area contributed by atoms with Crippen molar-refractivity contribution in [2.24, 2.45) is 5.92 Å². The molecule has 0 aromatic carbocycles. The number of amides is 1. The molecule has 1 aliphatic carbocycles. The second-order valence-electron chi connectivity index (χ2n) is 6.37. The van der Waals surface area contributed by atoms with Crippen LogP contribution >= 0.6 is 11.3 Å². The maximum Gasteiger partial charge on any atom is 0.229 e. The van der Waals surface area contributed by atoms with Gasteiger partial charge in [-0.25, -0.2) is 19.9 Å². The van der Waals surface area contributed by atoms with Crippen molar-refractivity contribution in [3.05, 3.63) is 23.7 Å². The third-order valence-electron chi connectivity index (χ3n) is 4.70. The van der Waals surface area contributed by atoms with Gasteiger partial charge in [0, 0.05) is 17.3 Å². The van der Waals surface area contributed by atoms with Gasteiger partial charge in [-0.1, -0.05) is 0 Å². The van der Waals surface area contributed by atoms with E-state index in [1.54, 1.807) is 6.33 Å². The van der Waals surface area contributed by atoms with Crippen LogP contribution in [0.2, 0.25) is 0 Å². The molecule has 8 nitrogen and oxygen atoms in total. The smallest absolute Gasteiger partial charge is 0.229 e. The van der Waals surface area contributed by atoms with Crippen LogP contribution in [0.15, 0.2) is 18.0 Å². The summed E-state index contributed by atoms with van der Waals surface area (Å²) >= 11 is 1.46. The number of nitrogens with one attached hydrogen (secondary N) is 1. The zero-order valence-electron chi connectivity index (χ0n) is 13.8. The highest BCUT2D eigenvalue weighted by atomic mass is 32.1. The Morgan fingerprint density at radius 2 is 2.08 bits per heavy atom. The molecule has 0 bridgehead atoms. The van der Waals surface area contributed by atoms with Gasteiger partial charge >= 0.3 is 0 Å². The number of hydrogen-bond acceptors (Lipinski definition) is 7. The predicted molar refractivity (Wildman–Crippen MR) is 96.2 cm³/mol. The lowest BCUT2D eigenvalue weighted by molar-refractivity contribution is -0.120.